The van der Waals surface area contributed by atoms with Crippen molar-refractivity contribution in [3.63, 3.8) is 0 Å². The monoisotopic (exact) mass is 380 g/mol. The van der Waals surface area contributed by atoms with Gasteiger partial charge in [0, 0.05) is 6.07 Å². The third-order valence-electron chi connectivity index (χ3n) is 4.66. The number of fused-ring (bicyclic) bond motifs is 3. The molecule has 0 N–H and O–H groups in total. The predicted molar refractivity (Wildman–Crippen MR) is 105 cm³/mol. The Bertz CT molecular complexity index is 1260. The molecule has 0 atom stereocenters. The highest BCUT2D eigenvalue weighted by Gasteiger charge is 2.20. The van der Waals surface area contributed by atoms with E-state index in [1.54, 1.807) is 36.4 Å². The Morgan fingerprint density at radius 2 is 1.46 bits per heavy atom. The molecular weight excluding hydrogens is 363 g/mol. The van der Waals surface area contributed by atoms with Crippen molar-refractivity contribution >= 4 is 21.7 Å². The lowest BCUT2D eigenvalue weighted by atomic mass is 10.0. The molecule has 0 spiro atoms. The van der Waals surface area contributed by atoms with Gasteiger partial charge in [-0.05, 0) is 30.3 Å². The molecule has 0 radical (unpaired) electrons. The second-order valence-corrected chi connectivity index (χ2v) is 6.13. The van der Waals surface area contributed by atoms with Crippen LogP contribution in [0, 0.1) is 5.82 Å². The molecule has 0 bridgehead atoms. The van der Waals surface area contributed by atoms with Gasteiger partial charge in [0.1, 0.15) is 28.8 Å². The fraction of sp³-hybridized carbons (Fsp3) is 0.136. The molecule has 6 heteroatoms. The molecule has 142 valence electrons. The smallest absolute Gasteiger partial charge is 0.193 e. The molecule has 4 aromatic rings. The summed E-state index contributed by atoms with van der Waals surface area (Å²) in [6.45, 7) is 0. The molecule has 1 aromatic heterocycles. The van der Waals surface area contributed by atoms with Crippen LogP contribution in [0.5, 0.6) is 17.2 Å². The molecule has 0 unspecified atom stereocenters. The fourth-order valence-electron chi connectivity index (χ4n) is 3.36. The number of hydrogen-bond donors (Lipinski definition) is 0. The van der Waals surface area contributed by atoms with E-state index < -0.39 is 5.82 Å². The minimum absolute atomic E-state index is 0.131. The molecule has 5 nitrogen and oxygen atoms in total. The van der Waals surface area contributed by atoms with Crippen molar-refractivity contribution in [2.75, 3.05) is 21.3 Å². The van der Waals surface area contributed by atoms with Gasteiger partial charge in [0.15, 0.2) is 11.0 Å². The molecule has 1 heterocycles. The summed E-state index contributed by atoms with van der Waals surface area (Å²) in [4.78, 5) is 12.8. The quantitative estimate of drug-likeness (QED) is 0.477. The van der Waals surface area contributed by atoms with E-state index in [9.17, 15) is 9.18 Å². The second kappa shape index (κ2) is 6.88. The molecule has 0 amide bonds. The Morgan fingerprint density at radius 1 is 0.821 bits per heavy atom. The van der Waals surface area contributed by atoms with Crippen LogP contribution in [-0.2, 0) is 0 Å². The van der Waals surface area contributed by atoms with E-state index in [1.807, 2.05) is 0 Å². The number of benzene rings is 3. The number of rotatable bonds is 4. The minimum atomic E-state index is -0.479. The van der Waals surface area contributed by atoms with Crippen molar-refractivity contribution in [2.24, 2.45) is 0 Å². The summed E-state index contributed by atoms with van der Waals surface area (Å²) in [5, 5.41) is 1.42. The summed E-state index contributed by atoms with van der Waals surface area (Å²) < 4.78 is 36.8. The zero-order valence-electron chi connectivity index (χ0n) is 15.5. The van der Waals surface area contributed by atoms with Crippen molar-refractivity contribution in [3.8, 4) is 28.6 Å². The maximum Gasteiger partial charge on any atom is 0.193 e. The molecular formula is C22H17FO5. The van der Waals surface area contributed by atoms with Crippen LogP contribution in [0.1, 0.15) is 0 Å². The molecule has 0 aliphatic heterocycles. The maximum atomic E-state index is 14.3. The molecule has 3 aromatic carbocycles. The Balaban J connectivity index is 2.22. The summed E-state index contributed by atoms with van der Waals surface area (Å²) in [5.41, 5.74) is 0.161. The van der Waals surface area contributed by atoms with E-state index in [-0.39, 0.29) is 22.3 Å². The van der Waals surface area contributed by atoms with Gasteiger partial charge in [0.05, 0.1) is 43.1 Å². The zero-order chi connectivity index (χ0) is 19.8. The first kappa shape index (κ1) is 17.9. The Kier molecular flexibility index (Phi) is 4.39. The molecule has 28 heavy (non-hydrogen) atoms. The summed E-state index contributed by atoms with van der Waals surface area (Å²) in [5.74, 6) is 1.12. The topological polar surface area (TPSA) is 57.9 Å². The van der Waals surface area contributed by atoms with E-state index in [0.717, 1.165) is 0 Å². The lowest BCUT2D eigenvalue weighted by molar-refractivity contribution is 0.400. The molecule has 0 aliphatic carbocycles. The summed E-state index contributed by atoms with van der Waals surface area (Å²) in [7, 11) is 4.57. The molecule has 4 rings (SSSR count). The summed E-state index contributed by atoms with van der Waals surface area (Å²) in [6.07, 6.45) is 0. The standard InChI is InChI=1S/C22H17FO5/c1-25-16-8-9-17(26-2)21-20(16)19(27-3)10-13-15(24)11-18(28-22(13)21)12-6-4-5-7-14(12)23/h4-11H,1-3H3. The van der Waals surface area contributed by atoms with Gasteiger partial charge in [0.25, 0.3) is 0 Å². The van der Waals surface area contributed by atoms with Crippen molar-refractivity contribution in [3.05, 3.63) is 64.6 Å². The largest absolute Gasteiger partial charge is 0.496 e. The van der Waals surface area contributed by atoms with Gasteiger partial charge in [0.2, 0.25) is 0 Å². The zero-order valence-corrected chi connectivity index (χ0v) is 15.5. The van der Waals surface area contributed by atoms with Gasteiger partial charge < -0.3 is 18.6 Å². The van der Waals surface area contributed by atoms with Crippen molar-refractivity contribution in [1.82, 2.24) is 0 Å². The fourth-order valence-corrected chi connectivity index (χ4v) is 3.36. The van der Waals surface area contributed by atoms with Crippen molar-refractivity contribution < 1.29 is 23.0 Å². The Hall–Kier alpha value is -3.54. The van der Waals surface area contributed by atoms with E-state index in [1.165, 1.54) is 33.5 Å². The van der Waals surface area contributed by atoms with E-state index in [2.05, 4.69) is 0 Å². The number of ether oxygens (including phenoxy) is 3. The number of methoxy groups -OCH3 is 3. The number of halogens is 1. The summed E-state index contributed by atoms with van der Waals surface area (Å²) in [6, 6.07) is 12.5. The third-order valence-corrected chi connectivity index (χ3v) is 4.66. The minimum Gasteiger partial charge on any atom is -0.496 e. The lowest BCUT2D eigenvalue weighted by Gasteiger charge is -2.15. The van der Waals surface area contributed by atoms with Crippen LogP contribution in [0.15, 0.2) is 57.7 Å². The van der Waals surface area contributed by atoms with Gasteiger partial charge in [-0.25, -0.2) is 4.39 Å². The summed E-state index contributed by atoms with van der Waals surface area (Å²) >= 11 is 0. The average Bonchev–Trinajstić information content (AvgIpc) is 2.72. The molecule has 0 aliphatic rings. The van der Waals surface area contributed by atoms with Gasteiger partial charge in [-0.1, -0.05) is 12.1 Å². The van der Waals surface area contributed by atoms with Crippen LogP contribution in [0.2, 0.25) is 0 Å². The Morgan fingerprint density at radius 3 is 2.11 bits per heavy atom. The highest BCUT2D eigenvalue weighted by molar-refractivity contribution is 6.13. The van der Waals surface area contributed by atoms with Gasteiger partial charge in [-0.2, -0.15) is 0 Å². The van der Waals surface area contributed by atoms with Gasteiger partial charge in [-0.15, -0.1) is 0 Å². The highest BCUT2D eigenvalue weighted by atomic mass is 19.1. The maximum absolute atomic E-state index is 14.3. The molecule has 0 fully saturated rings. The van der Waals surface area contributed by atoms with Gasteiger partial charge in [-0.3, -0.25) is 4.79 Å². The van der Waals surface area contributed by atoms with E-state index in [4.69, 9.17) is 18.6 Å². The van der Waals surface area contributed by atoms with Gasteiger partial charge >= 0.3 is 0 Å². The SMILES string of the molecule is COc1ccc(OC)c2c1c(OC)cc1c(=O)cc(-c3ccccc3F)oc12. The highest BCUT2D eigenvalue weighted by Crippen LogP contribution is 2.43. The lowest BCUT2D eigenvalue weighted by Crippen LogP contribution is -2.03. The van der Waals surface area contributed by atoms with Crippen LogP contribution < -0.4 is 19.6 Å². The molecule has 0 saturated heterocycles. The van der Waals surface area contributed by atoms with Crippen LogP contribution in [0.3, 0.4) is 0 Å². The first-order valence-electron chi connectivity index (χ1n) is 8.53. The van der Waals surface area contributed by atoms with E-state index >= 15 is 0 Å². The average molecular weight is 380 g/mol. The normalized spacial score (nSPS) is 11.0. The second-order valence-electron chi connectivity index (χ2n) is 6.13. The predicted octanol–water partition coefficient (Wildman–Crippen LogP) is 4.78. The van der Waals surface area contributed by atoms with Crippen LogP contribution in [0.4, 0.5) is 4.39 Å². The first-order chi connectivity index (χ1) is 13.6. The third kappa shape index (κ3) is 2.65. The number of hydrogen-bond acceptors (Lipinski definition) is 5. The Labute approximate surface area is 159 Å². The van der Waals surface area contributed by atoms with Crippen LogP contribution in [-0.4, -0.2) is 21.3 Å². The van der Waals surface area contributed by atoms with Crippen molar-refractivity contribution in [1.29, 1.82) is 0 Å². The molecule has 0 saturated carbocycles. The van der Waals surface area contributed by atoms with Crippen LogP contribution >= 0.6 is 0 Å². The van der Waals surface area contributed by atoms with E-state index in [0.29, 0.717) is 33.4 Å². The van der Waals surface area contributed by atoms with Crippen molar-refractivity contribution in [2.45, 2.75) is 0 Å². The van der Waals surface area contributed by atoms with Crippen LogP contribution in [0.25, 0.3) is 33.1 Å². The first-order valence-corrected chi connectivity index (χ1v) is 8.53.